The first-order valence-electron chi connectivity index (χ1n) is 7.47. The largest absolute Gasteiger partial charge is 0.435 e. The van der Waals surface area contributed by atoms with E-state index in [1.807, 2.05) is 31.2 Å². The fourth-order valence-corrected chi connectivity index (χ4v) is 2.95. The quantitative estimate of drug-likeness (QED) is 0.811. The monoisotopic (exact) mass is 365 g/mol. The zero-order valence-corrected chi connectivity index (χ0v) is 14.3. The minimum atomic E-state index is -2.92. The summed E-state index contributed by atoms with van der Waals surface area (Å²) in [7, 11) is 0. The lowest BCUT2D eigenvalue weighted by Crippen LogP contribution is -2.31. The lowest BCUT2D eigenvalue weighted by Gasteiger charge is -2.07. The first-order chi connectivity index (χ1) is 12.0. The van der Waals surface area contributed by atoms with Crippen LogP contribution in [0.25, 0.3) is 0 Å². The van der Waals surface area contributed by atoms with Gasteiger partial charge in [0.05, 0.1) is 5.75 Å². The van der Waals surface area contributed by atoms with Crippen molar-refractivity contribution in [2.45, 2.75) is 19.3 Å². The van der Waals surface area contributed by atoms with Gasteiger partial charge in [0.25, 0.3) is 5.91 Å². The smallest absolute Gasteiger partial charge is 0.387 e. The van der Waals surface area contributed by atoms with Crippen LogP contribution in [0.5, 0.6) is 5.75 Å². The van der Waals surface area contributed by atoms with Crippen LogP contribution in [0.1, 0.15) is 21.5 Å². The predicted octanol–water partition coefficient (Wildman–Crippen LogP) is 3.79. The third-order valence-electron chi connectivity index (χ3n) is 3.35. The number of alkyl halides is 2. The molecule has 0 aliphatic heterocycles. The Hall–Kier alpha value is -2.41. The Morgan fingerprint density at radius 3 is 2.44 bits per heavy atom. The van der Waals surface area contributed by atoms with Crippen molar-refractivity contribution >= 4 is 23.6 Å². The Balaban J connectivity index is 1.79. The molecule has 0 aliphatic rings. The normalized spacial score (nSPS) is 10.6. The van der Waals surface area contributed by atoms with E-state index in [0.29, 0.717) is 5.75 Å². The van der Waals surface area contributed by atoms with Crippen LogP contribution in [0, 0.1) is 6.92 Å². The van der Waals surface area contributed by atoms with Crippen molar-refractivity contribution in [2.75, 3.05) is 5.75 Å². The molecular weight excluding hydrogens is 348 g/mol. The first-order valence-corrected chi connectivity index (χ1v) is 8.62. The molecule has 4 nitrogen and oxygen atoms in total. The second-order valence-corrected chi connectivity index (χ2v) is 6.19. The summed E-state index contributed by atoms with van der Waals surface area (Å²) in [4.78, 5) is 23.8. The van der Waals surface area contributed by atoms with Gasteiger partial charge < -0.3 is 4.74 Å². The summed E-state index contributed by atoms with van der Waals surface area (Å²) in [6.07, 6.45) is 0. The summed E-state index contributed by atoms with van der Waals surface area (Å²) in [5.41, 5.74) is 2.48. The van der Waals surface area contributed by atoms with Crippen LogP contribution >= 0.6 is 11.8 Å². The number of thioether (sulfide) groups is 1. The number of benzene rings is 2. The molecule has 0 radical (unpaired) electrons. The van der Waals surface area contributed by atoms with Gasteiger partial charge in [-0.15, -0.1) is 11.8 Å². The first kappa shape index (κ1) is 18.9. The van der Waals surface area contributed by atoms with E-state index < -0.39 is 18.4 Å². The number of aryl methyl sites for hydroxylation is 1. The number of carbonyl (C=O) groups excluding carboxylic acids is 2. The van der Waals surface area contributed by atoms with Crippen LogP contribution in [0.15, 0.2) is 48.5 Å². The Morgan fingerprint density at radius 2 is 1.80 bits per heavy atom. The van der Waals surface area contributed by atoms with Crippen molar-refractivity contribution < 1.29 is 23.1 Å². The maximum Gasteiger partial charge on any atom is 0.387 e. The van der Waals surface area contributed by atoms with E-state index in [4.69, 9.17) is 0 Å². The highest BCUT2D eigenvalue weighted by atomic mass is 32.2. The molecule has 0 unspecified atom stereocenters. The SMILES string of the molecule is Cc1ccccc1CSCC(=O)NC(=O)c1ccc(OC(F)F)cc1. The van der Waals surface area contributed by atoms with E-state index in [2.05, 4.69) is 10.1 Å². The third kappa shape index (κ3) is 6.19. The number of halogens is 2. The molecule has 132 valence electrons. The number of hydrogen-bond donors (Lipinski definition) is 1. The molecule has 0 fully saturated rings. The van der Waals surface area contributed by atoms with Gasteiger partial charge in [-0.2, -0.15) is 8.78 Å². The molecule has 0 saturated heterocycles. The topological polar surface area (TPSA) is 55.4 Å². The van der Waals surface area contributed by atoms with Gasteiger partial charge in [0.1, 0.15) is 5.75 Å². The van der Waals surface area contributed by atoms with Crippen LogP contribution in [0.3, 0.4) is 0 Å². The van der Waals surface area contributed by atoms with Crippen LogP contribution in [-0.4, -0.2) is 24.2 Å². The fourth-order valence-electron chi connectivity index (χ4n) is 2.05. The van der Waals surface area contributed by atoms with Gasteiger partial charge >= 0.3 is 6.61 Å². The predicted molar refractivity (Wildman–Crippen MR) is 92.9 cm³/mol. The Morgan fingerprint density at radius 1 is 1.12 bits per heavy atom. The Labute approximate surface area is 148 Å². The van der Waals surface area contributed by atoms with E-state index in [1.165, 1.54) is 36.0 Å². The fraction of sp³-hybridized carbons (Fsp3) is 0.222. The molecule has 25 heavy (non-hydrogen) atoms. The van der Waals surface area contributed by atoms with Crippen molar-refractivity contribution in [3.8, 4) is 5.75 Å². The summed E-state index contributed by atoms with van der Waals surface area (Å²) in [6, 6.07) is 13.0. The van der Waals surface area contributed by atoms with Gasteiger partial charge in [0.2, 0.25) is 5.91 Å². The Bertz CT molecular complexity index is 735. The molecule has 2 rings (SSSR count). The summed E-state index contributed by atoms with van der Waals surface area (Å²) in [5, 5.41) is 2.27. The van der Waals surface area contributed by atoms with Crippen molar-refractivity contribution in [2.24, 2.45) is 0 Å². The van der Waals surface area contributed by atoms with E-state index in [-0.39, 0.29) is 17.1 Å². The number of rotatable bonds is 7. The molecule has 0 bridgehead atoms. The molecule has 2 aromatic rings. The zero-order valence-electron chi connectivity index (χ0n) is 13.5. The summed E-state index contributed by atoms with van der Waals surface area (Å²) >= 11 is 1.41. The molecule has 0 saturated carbocycles. The second-order valence-electron chi connectivity index (χ2n) is 5.20. The maximum atomic E-state index is 12.1. The lowest BCUT2D eigenvalue weighted by atomic mass is 10.1. The molecule has 1 N–H and O–H groups in total. The number of amides is 2. The second kappa shape index (κ2) is 9.17. The lowest BCUT2D eigenvalue weighted by molar-refractivity contribution is -0.117. The van der Waals surface area contributed by atoms with E-state index in [1.54, 1.807) is 0 Å². The zero-order chi connectivity index (χ0) is 18.2. The third-order valence-corrected chi connectivity index (χ3v) is 4.33. The molecule has 2 amide bonds. The Kier molecular flexibility index (Phi) is 6.94. The molecule has 2 aromatic carbocycles. The highest BCUT2D eigenvalue weighted by Crippen LogP contribution is 2.16. The summed E-state index contributed by atoms with van der Waals surface area (Å²) in [5.74, 6) is -0.214. The van der Waals surface area contributed by atoms with Crippen LogP contribution in [0.4, 0.5) is 8.78 Å². The average molecular weight is 365 g/mol. The maximum absolute atomic E-state index is 12.1. The summed E-state index contributed by atoms with van der Waals surface area (Å²) < 4.78 is 28.3. The highest BCUT2D eigenvalue weighted by molar-refractivity contribution is 7.99. The van der Waals surface area contributed by atoms with Crippen molar-refractivity contribution in [3.05, 3.63) is 65.2 Å². The van der Waals surface area contributed by atoms with E-state index in [0.717, 1.165) is 11.1 Å². The standard InChI is InChI=1S/C18H17F2NO3S/c1-12-4-2-3-5-14(12)10-25-11-16(22)21-17(23)13-6-8-15(9-7-13)24-18(19)20/h2-9,18H,10-11H2,1H3,(H,21,22,23). The molecule has 0 heterocycles. The molecule has 0 spiro atoms. The van der Waals surface area contributed by atoms with Gasteiger partial charge in [-0.3, -0.25) is 14.9 Å². The molecular formula is C18H17F2NO3S. The van der Waals surface area contributed by atoms with E-state index >= 15 is 0 Å². The number of nitrogens with one attached hydrogen (secondary N) is 1. The van der Waals surface area contributed by atoms with Crippen molar-refractivity contribution in [1.29, 1.82) is 0 Å². The van der Waals surface area contributed by atoms with Gasteiger partial charge in [-0.05, 0) is 42.3 Å². The van der Waals surface area contributed by atoms with E-state index in [9.17, 15) is 18.4 Å². The number of hydrogen-bond acceptors (Lipinski definition) is 4. The number of carbonyl (C=O) groups is 2. The number of imide groups is 1. The minimum Gasteiger partial charge on any atom is -0.435 e. The van der Waals surface area contributed by atoms with Gasteiger partial charge in [-0.1, -0.05) is 24.3 Å². The highest BCUT2D eigenvalue weighted by Gasteiger charge is 2.11. The van der Waals surface area contributed by atoms with Gasteiger partial charge in [0.15, 0.2) is 0 Å². The average Bonchev–Trinajstić information content (AvgIpc) is 2.56. The molecule has 0 aromatic heterocycles. The summed E-state index contributed by atoms with van der Waals surface area (Å²) in [6.45, 7) is -0.924. The minimum absolute atomic E-state index is 0.0494. The van der Waals surface area contributed by atoms with Crippen molar-refractivity contribution in [1.82, 2.24) is 5.32 Å². The molecule has 0 aliphatic carbocycles. The number of ether oxygens (including phenoxy) is 1. The van der Waals surface area contributed by atoms with Crippen LogP contribution in [-0.2, 0) is 10.5 Å². The van der Waals surface area contributed by atoms with Gasteiger partial charge in [-0.25, -0.2) is 0 Å². The van der Waals surface area contributed by atoms with Crippen LogP contribution in [0.2, 0.25) is 0 Å². The van der Waals surface area contributed by atoms with Gasteiger partial charge in [0, 0.05) is 11.3 Å². The molecule has 0 atom stereocenters. The van der Waals surface area contributed by atoms with Crippen molar-refractivity contribution in [3.63, 3.8) is 0 Å². The molecule has 7 heteroatoms. The van der Waals surface area contributed by atoms with Crippen LogP contribution < -0.4 is 10.1 Å².